The van der Waals surface area contributed by atoms with E-state index in [1.165, 1.54) is 6.08 Å². The monoisotopic (exact) mass is 368 g/mol. The Morgan fingerprint density at radius 1 is 1.07 bits per heavy atom. The van der Waals surface area contributed by atoms with Crippen LogP contribution >= 0.6 is 0 Å². The fraction of sp³-hybridized carbons (Fsp3) is 0.238. The van der Waals surface area contributed by atoms with E-state index < -0.39 is 5.91 Å². The van der Waals surface area contributed by atoms with Crippen LogP contribution in [0.2, 0.25) is 0 Å². The molecule has 0 saturated carbocycles. The number of carbonyl (C=O) groups excluding carboxylic acids is 2. The third kappa shape index (κ3) is 5.88. The average Bonchev–Trinajstić information content (AvgIpc) is 2.66. The van der Waals surface area contributed by atoms with Gasteiger partial charge in [0.05, 0.1) is 24.5 Å². The maximum absolute atomic E-state index is 12.2. The Labute approximate surface area is 159 Å². The Hall–Kier alpha value is -3.28. The van der Waals surface area contributed by atoms with Crippen LogP contribution in [0.1, 0.15) is 36.2 Å². The third-order valence-electron chi connectivity index (χ3n) is 3.61. The van der Waals surface area contributed by atoms with Gasteiger partial charge in [0.1, 0.15) is 0 Å². The van der Waals surface area contributed by atoms with Gasteiger partial charge in [-0.1, -0.05) is 25.1 Å². The average molecular weight is 368 g/mol. The molecule has 2 aromatic rings. The number of nitrogens with one attached hydrogen (secondary N) is 1. The number of anilines is 1. The number of nitrogens with two attached hydrogens (primary N) is 1. The number of rotatable bonds is 9. The minimum Gasteiger partial charge on any atom is -0.490 e. The lowest BCUT2D eigenvalue weighted by molar-refractivity contribution is -0.111. The Bertz CT molecular complexity index is 831. The van der Waals surface area contributed by atoms with E-state index >= 15 is 0 Å². The second-order valence-electron chi connectivity index (χ2n) is 5.72. The molecule has 6 heteroatoms. The Morgan fingerprint density at radius 2 is 1.85 bits per heavy atom. The SMILES string of the molecule is CCCOc1ccc(/C=C/C(=O)Nc2ccccc2C(N)=O)cc1OCC. The molecular formula is C21H24N2O4. The van der Waals surface area contributed by atoms with E-state index in [2.05, 4.69) is 5.32 Å². The van der Waals surface area contributed by atoms with Crippen molar-refractivity contribution in [3.63, 3.8) is 0 Å². The lowest BCUT2D eigenvalue weighted by Gasteiger charge is -2.12. The van der Waals surface area contributed by atoms with E-state index in [1.807, 2.05) is 32.0 Å². The van der Waals surface area contributed by atoms with E-state index in [0.717, 1.165) is 12.0 Å². The van der Waals surface area contributed by atoms with E-state index in [9.17, 15) is 9.59 Å². The van der Waals surface area contributed by atoms with Crippen molar-refractivity contribution in [1.29, 1.82) is 0 Å². The van der Waals surface area contributed by atoms with Crippen molar-refractivity contribution < 1.29 is 19.1 Å². The van der Waals surface area contributed by atoms with Gasteiger partial charge in [-0.3, -0.25) is 9.59 Å². The summed E-state index contributed by atoms with van der Waals surface area (Å²) in [5.41, 5.74) is 6.74. The lowest BCUT2D eigenvalue weighted by atomic mass is 10.1. The zero-order valence-corrected chi connectivity index (χ0v) is 15.5. The first-order valence-electron chi connectivity index (χ1n) is 8.82. The van der Waals surface area contributed by atoms with Crippen LogP contribution in [-0.4, -0.2) is 25.0 Å². The van der Waals surface area contributed by atoms with Gasteiger partial charge in [0.15, 0.2) is 11.5 Å². The molecule has 0 aromatic heterocycles. The van der Waals surface area contributed by atoms with Crippen LogP contribution in [0.15, 0.2) is 48.5 Å². The van der Waals surface area contributed by atoms with Crippen LogP contribution in [0.4, 0.5) is 5.69 Å². The predicted molar refractivity (Wildman–Crippen MR) is 106 cm³/mol. The van der Waals surface area contributed by atoms with Crippen LogP contribution in [0.5, 0.6) is 11.5 Å². The summed E-state index contributed by atoms with van der Waals surface area (Å²) in [6, 6.07) is 12.1. The molecule has 0 saturated heterocycles. The minimum atomic E-state index is -0.598. The largest absolute Gasteiger partial charge is 0.490 e. The molecule has 3 N–H and O–H groups in total. The first kappa shape index (κ1) is 20.0. The molecule has 0 unspecified atom stereocenters. The van der Waals surface area contributed by atoms with Crippen LogP contribution in [0.3, 0.4) is 0 Å². The van der Waals surface area contributed by atoms with E-state index in [0.29, 0.717) is 30.4 Å². The van der Waals surface area contributed by atoms with Gasteiger partial charge in [-0.2, -0.15) is 0 Å². The summed E-state index contributed by atoms with van der Waals surface area (Å²) in [5, 5.41) is 2.66. The smallest absolute Gasteiger partial charge is 0.250 e. The summed E-state index contributed by atoms with van der Waals surface area (Å²) in [6.07, 6.45) is 3.95. The highest BCUT2D eigenvalue weighted by atomic mass is 16.5. The van der Waals surface area contributed by atoms with Gasteiger partial charge in [-0.15, -0.1) is 0 Å². The van der Waals surface area contributed by atoms with Gasteiger partial charge >= 0.3 is 0 Å². The van der Waals surface area contributed by atoms with Crippen molar-refractivity contribution in [3.8, 4) is 11.5 Å². The highest BCUT2D eigenvalue weighted by Crippen LogP contribution is 2.29. The summed E-state index contributed by atoms with van der Waals surface area (Å²) in [6.45, 7) is 5.05. The van der Waals surface area contributed by atoms with Gasteiger partial charge in [0, 0.05) is 6.08 Å². The van der Waals surface area contributed by atoms with Crippen LogP contribution in [0, 0.1) is 0 Å². The van der Waals surface area contributed by atoms with E-state index in [1.54, 1.807) is 30.3 Å². The molecule has 0 fully saturated rings. The first-order valence-corrected chi connectivity index (χ1v) is 8.82. The zero-order valence-electron chi connectivity index (χ0n) is 15.5. The zero-order chi connectivity index (χ0) is 19.6. The molecule has 2 amide bonds. The molecule has 0 heterocycles. The Kier molecular flexibility index (Phi) is 7.43. The van der Waals surface area contributed by atoms with Crippen molar-refractivity contribution in [1.82, 2.24) is 0 Å². The molecule has 2 rings (SSSR count). The standard InChI is InChI=1S/C21H24N2O4/c1-3-13-27-18-11-9-15(14-19(18)26-4-2)10-12-20(24)23-17-8-6-5-7-16(17)21(22)25/h5-12,14H,3-4,13H2,1-2H3,(H2,22,25)(H,23,24)/b12-10+. The lowest BCUT2D eigenvalue weighted by Crippen LogP contribution is -2.16. The highest BCUT2D eigenvalue weighted by Gasteiger charge is 2.09. The molecule has 0 radical (unpaired) electrons. The fourth-order valence-corrected chi connectivity index (χ4v) is 2.38. The molecule has 0 aliphatic carbocycles. The predicted octanol–water partition coefficient (Wildman–Crippen LogP) is 3.62. The number of amides is 2. The van der Waals surface area contributed by atoms with Crippen molar-refractivity contribution in [2.24, 2.45) is 5.73 Å². The number of hydrogen-bond acceptors (Lipinski definition) is 4. The van der Waals surface area contributed by atoms with E-state index in [-0.39, 0.29) is 11.5 Å². The summed E-state index contributed by atoms with van der Waals surface area (Å²) in [7, 11) is 0. The number of hydrogen-bond donors (Lipinski definition) is 2. The van der Waals surface area contributed by atoms with Crippen molar-refractivity contribution >= 4 is 23.6 Å². The van der Waals surface area contributed by atoms with Gasteiger partial charge in [0.25, 0.3) is 5.91 Å². The molecular weight excluding hydrogens is 344 g/mol. The van der Waals surface area contributed by atoms with Crippen molar-refractivity contribution in [3.05, 3.63) is 59.7 Å². The fourth-order valence-electron chi connectivity index (χ4n) is 2.38. The van der Waals surface area contributed by atoms with Crippen LogP contribution in [0.25, 0.3) is 6.08 Å². The molecule has 0 bridgehead atoms. The van der Waals surface area contributed by atoms with Gasteiger partial charge in [-0.25, -0.2) is 0 Å². The normalized spacial score (nSPS) is 10.6. The van der Waals surface area contributed by atoms with Crippen LogP contribution in [-0.2, 0) is 4.79 Å². The molecule has 0 atom stereocenters. The minimum absolute atomic E-state index is 0.260. The second kappa shape index (κ2) is 10.0. The highest BCUT2D eigenvalue weighted by molar-refractivity contribution is 6.07. The van der Waals surface area contributed by atoms with Gasteiger partial charge in [0.2, 0.25) is 5.91 Å². The molecule has 27 heavy (non-hydrogen) atoms. The van der Waals surface area contributed by atoms with Gasteiger partial charge in [-0.05, 0) is 49.2 Å². The number of para-hydroxylation sites is 1. The van der Waals surface area contributed by atoms with Crippen molar-refractivity contribution in [2.45, 2.75) is 20.3 Å². The maximum Gasteiger partial charge on any atom is 0.250 e. The number of primary amides is 1. The summed E-state index contributed by atoms with van der Waals surface area (Å²) in [5.74, 6) is 0.343. The topological polar surface area (TPSA) is 90.6 Å². The maximum atomic E-state index is 12.2. The molecule has 142 valence electrons. The van der Waals surface area contributed by atoms with E-state index in [4.69, 9.17) is 15.2 Å². The first-order chi connectivity index (χ1) is 13.0. The Balaban J connectivity index is 2.11. The number of benzene rings is 2. The summed E-state index contributed by atoms with van der Waals surface area (Å²) >= 11 is 0. The number of ether oxygens (including phenoxy) is 2. The number of carbonyl (C=O) groups is 2. The third-order valence-corrected chi connectivity index (χ3v) is 3.61. The molecule has 0 spiro atoms. The quantitative estimate of drug-likeness (QED) is 0.661. The molecule has 0 aliphatic heterocycles. The molecule has 0 aliphatic rings. The molecule has 2 aromatic carbocycles. The summed E-state index contributed by atoms with van der Waals surface area (Å²) in [4.78, 5) is 23.6. The van der Waals surface area contributed by atoms with Gasteiger partial charge < -0.3 is 20.5 Å². The molecule has 6 nitrogen and oxygen atoms in total. The Morgan fingerprint density at radius 3 is 2.56 bits per heavy atom. The van der Waals surface area contributed by atoms with Crippen molar-refractivity contribution in [2.75, 3.05) is 18.5 Å². The second-order valence-corrected chi connectivity index (χ2v) is 5.72. The summed E-state index contributed by atoms with van der Waals surface area (Å²) < 4.78 is 11.3. The van der Waals surface area contributed by atoms with Crippen LogP contribution < -0.4 is 20.5 Å².